The van der Waals surface area contributed by atoms with Crippen LogP contribution in [0.5, 0.6) is 5.75 Å². The first-order valence-electron chi connectivity index (χ1n) is 9.76. The summed E-state index contributed by atoms with van der Waals surface area (Å²) in [7, 11) is -2.04. The molecule has 0 radical (unpaired) electrons. The number of amides is 2. The molecule has 0 spiro atoms. The number of benzene rings is 2. The average Bonchev–Trinajstić information content (AvgIpc) is 3.06. The van der Waals surface area contributed by atoms with E-state index < -0.39 is 9.84 Å². The van der Waals surface area contributed by atoms with Crippen molar-refractivity contribution in [2.75, 3.05) is 17.8 Å². The lowest BCUT2D eigenvalue weighted by Crippen LogP contribution is -2.33. The molecular formula is C22H26N2O5S. The summed E-state index contributed by atoms with van der Waals surface area (Å²) >= 11 is 0. The fourth-order valence-electron chi connectivity index (χ4n) is 3.70. The zero-order valence-electron chi connectivity index (χ0n) is 17.3. The smallest absolute Gasteiger partial charge is 0.224 e. The van der Waals surface area contributed by atoms with Crippen molar-refractivity contribution < 1.29 is 22.7 Å². The third kappa shape index (κ3) is 4.81. The van der Waals surface area contributed by atoms with Gasteiger partial charge >= 0.3 is 0 Å². The Hall–Kier alpha value is -2.87. The lowest BCUT2D eigenvalue weighted by molar-refractivity contribution is -0.121. The highest BCUT2D eigenvalue weighted by atomic mass is 32.2. The predicted molar refractivity (Wildman–Crippen MR) is 114 cm³/mol. The summed E-state index contributed by atoms with van der Waals surface area (Å²) in [6.45, 7) is 3.73. The molecule has 1 aliphatic rings. The fourth-order valence-corrected chi connectivity index (χ4v) is 4.98. The molecule has 2 amide bonds. The number of hydrogen-bond donors (Lipinski definition) is 1. The van der Waals surface area contributed by atoms with Crippen LogP contribution in [-0.2, 0) is 32.4 Å². The number of carbonyl (C=O) groups is 2. The van der Waals surface area contributed by atoms with Crippen molar-refractivity contribution in [1.82, 2.24) is 5.32 Å². The van der Waals surface area contributed by atoms with Crippen molar-refractivity contribution in [2.45, 2.75) is 44.2 Å². The lowest BCUT2D eigenvalue weighted by Gasteiger charge is -2.20. The zero-order chi connectivity index (χ0) is 21.9. The van der Waals surface area contributed by atoms with E-state index in [1.165, 1.54) is 13.0 Å². The number of rotatable bonds is 7. The average molecular weight is 431 g/mol. The molecule has 2 aromatic rings. The van der Waals surface area contributed by atoms with Crippen molar-refractivity contribution in [3.05, 3.63) is 53.6 Å². The minimum absolute atomic E-state index is 0.00200. The highest BCUT2D eigenvalue weighted by Crippen LogP contribution is 2.34. The van der Waals surface area contributed by atoms with Crippen molar-refractivity contribution in [2.24, 2.45) is 0 Å². The van der Waals surface area contributed by atoms with Crippen LogP contribution in [0.2, 0.25) is 0 Å². The maximum Gasteiger partial charge on any atom is 0.224 e. The molecule has 8 heteroatoms. The summed E-state index contributed by atoms with van der Waals surface area (Å²) in [5.41, 5.74) is 2.46. The van der Waals surface area contributed by atoms with Gasteiger partial charge in [0.05, 0.1) is 17.8 Å². The van der Waals surface area contributed by atoms with Crippen LogP contribution in [0.15, 0.2) is 47.4 Å². The predicted octanol–water partition coefficient (Wildman–Crippen LogP) is 2.47. The molecule has 1 atom stereocenters. The van der Waals surface area contributed by atoms with Crippen LogP contribution in [0.4, 0.5) is 5.69 Å². The van der Waals surface area contributed by atoms with Gasteiger partial charge in [0.15, 0.2) is 9.84 Å². The number of nitrogens with one attached hydrogen (secondary N) is 1. The van der Waals surface area contributed by atoms with E-state index in [4.69, 9.17) is 4.74 Å². The van der Waals surface area contributed by atoms with Gasteiger partial charge in [-0.2, -0.15) is 0 Å². The number of anilines is 1. The van der Waals surface area contributed by atoms with Gasteiger partial charge in [-0.15, -0.1) is 0 Å². The van der Waals surface area contributed by atoms with E-state index in [1.807, 2.05) is 31.2 Å². The van der Waals surface area contributed by atoms with E-state index in [0.717, 1.165) is 16.8 Å². The largest absolute Gasteiger partial charge is 0.497 e. The Bertz CT molecular complexity index is 1060. The molecule has 1 N–H and O–H groups in total. The molecular weight excluding hydrogens is 404 g/mol. The van der Waals surface area contributed by atoms with Crippen LogP contribution in [-0.4, -0.2) is 39.1 Å². The first-order chi connectivity index (χ1) is 14.2. The molecule has 0 saturated heterocycles. The summed E-state index contributed by atoms with van der Waals surface area (Å²) in [4.78, 5) is 25.8. The Balaban J connectivity index is 1.61. The quantitative estimate of drug-likeness (QED) is 0.729. The normalized spacial score (nSPS) is 15.6. The number of ether oxygens (including phenoxy) is 1. The molecule has 1 aliphatic heterocycles. The van der Waals surface area contributed by atoms with Gasteiger partial charge in [0.1, 0.15) is 5.75 Å². The van der Waals surface area contributed by atoms with Gasteiger partial charge in [0.2, 0.25) is 11.8 Å². The molecule has 0 unspecified atom stereocenters. The Labute approximate surface area is 177 Å². The maximum absolute atomic E-state index is 12.7. The number of sulfone groups is 1. The van der Waals surface area contributed by atoms with Crippen molar-refractivity contribution >= 4 is 27.3 Å². The van der Waals surface area contributed by atoms with Crippen LogP contribution in [0.25, 0.3) is 0 Å². The molecule has 2 aromatic carbocycles. The van der Waals surface area contributed by atoms with Gasteiger partial charge < -0.3 is 15.0 Å². The highest BCUT2D eigenvalue weighted by Gasteiger charge is 2.30. The van der Waals surface area contributed by atoms with E-state index in [-0.39, 0.29) is 34.9 Å². The number of fused-ring (bicyclic) bond motifs is 1. The van der Waals surface area contributed by atoms with Crippen LogP contribution >= 0.6 is 0 Å². The molecule has 0 aromatic heterocycles. The molecule has 30 heavy (non-hydrogen) atoms. The van der Waals surface area contributed by atoms with Gasteiger partial charge in [0, 0.05) is 31.6 Å². The second-order valence-electron chi connectivity index (χ2n) is 7.43. The van der Waals surface area contributed by atoms with Crippen LogP contribution in [0, 0.1) is 0 Å². The monoisotopic (exact) mass is 430 g/mol. The van der Waals surface area contributed by atoms with Gasteiger partial charge in [-0.3, -0.25) is 9.59 Å². The van der Waals surface area contributed by atoms with Gasteiger partial charge in [-0.1, -0.05) is 12.1 Å². The third-order valence-corrected chi connectivity index (χ3v) is 6.90. The molecule has 160 valence electrons. The molecule has 7 nitrogen and oxygen atoms in total. The summed E-state index contributed by atoms with van der Waals surface area (Å²) < 4.78 is 30.6. The number of methoxy groups -OCH3 is 1. The van der Waals surface area contributed by atoms with Crippen molar-refractivity contribution in [3.63, 3.8) is 0 Å². The maximum atomic E-state index is 12.7. The Morgan fingerprint density at radius 2 is 1.97 bits per heavy atom. The molecule has 3 rings (SSSR count). The van der Waals surface area contributed by atoms with Crippen LogP contribution in [0.1, 0.15) is 31.4 Å². The highest BCUT2D eigenvalue weighted by molar-refractivity contribution is 7.91. The Morgan fingerprint density at radius 1 is 1.20 bits per heavy atom. The summed E-state index contributed by atoms with van der Waals surface area (Å²) in [5, 5.41) is 2.74. The second kappa shape index (κ2) is 8.87. The van der Waals surface area contributed by atoms with E-state index >= 15 is 0 Å². The molecule has 0 fully saturated rings. The number of nitrogens with zero attached hydrogens (tertiary/aromatic N) is 1. The third-order valence-electron chi connectivity index (χ3n) is 5.19. The van der Waals surface area contributed by atoms with Crippen molar-refractivity contribution in [3.8, 4) is 5.75 Å². The van der Waals surface area contributed by atoms with Crippen LogP contribution in [0.3, 0.4) is 0 Å². The minimum Gasteiger partial charge on any atom is -0.497 e. The van der Waals surface area contributed by atoms with Gasteiger partial charge in [0.25, 0.3) is 0 Å². The second-order valence-corrected chi connectivity index (χ2v) is 9.54. The van der Waals surface area contributed by atoms with Gasteiger partial charge in [-0.25, -0.2) is 8.42 Å². The number of carbonyl (C=O) groups excluding carboxylic acids is 2. The van der Waals surface area contributed by atoms with Gasteiger partial charge in [-0.05, 0) is 54.8 Å². The van der Waals surface area contributed by atoms with E-state index in [1.54, 1.807) is 24.1 Å². The fraction of sp³-hybridized carbons (Fsp3) is 0.364. The zero-order valence-corrected chi connectivity index (χ0v) is 18.2. The SMILES string of the molecule is COc1cccc(CNC(=O)CCS(=O)(=O)c2ccc3c(c2)C[C@@H](C)N3C(C)=O)c1. The lowest BCUT2D eigenvalue weighted by atomic mass is 10.1. The molecule has 0 bridgehead atoms. The molecule has 1 heterocycles. The van der Waals surface area contributed by atoms with E-state index in [9.17, 15) is 18.0 Å². The molecule has 0 saturated carbocycles. The summed E-state index contributed by atoms with van der Waals surface area (Å²) in [6.07, 6.45) is 0.485. The Morgan fingerprint density at radius 3 is 2.67 bits per heavy atom. The Kier molecular flexibility index (Phi) is 6.45. The first kappa shape index (κ1) is 21.8. The molecule has 0 aliphatic carbocycles. The topological polar surface area (TPSA) is 92.8 Å². The standard InChI is InChI=1S/C22H26N2O5S/c1-15-11-18-13-20(7-8-21(18)24(15)16(2)25)30(27,28)10-9-22(26)23-14-17-5-4-6-19(12-17)29-3/h4-8,12-13,15H,9-11,14H2,1-3H3,(H,23,26)/t15-/m1/s1. The first-order valence-corrected chi connectivity index (χ1v) is 11.4. The van der Waals surface area contributed by atoms with Crippen LogP contribution < -0.4 is 15.0 Å². The van der Waals surface area contributed by atoms with E-state index in [2.05, 4.69) is 5.32 Å². The summed E-state index contributed by atoms with van der Waals surface area (Å²) in [5.74, 6) is 0.0175. The van der Waals surface area contributed by atoms with Crippen molar-refractivity contribution in [1.29, 1.82) is 0 Å². The number of hydrogen-bond acceptors (Lipinski definition) is 5. The summed E-state index contributed by atoms with van der Waals surface area (Å²) in [6, 6.07) is 12.1. The van der Waals surface area contributed by atoms with E-state index in [0.29, 0.717) is 18.7 Å². The minimum atomic E-state index is -3.61.